The van der Waals surface area contributed by atoms with E-state index in [0.29, 0.717) is 0 Å². The van der Waals surface area contributed by atoms with E-state index in [1.807, 2.05) is 22.7 Å². The van der Waals surface area contributed by atoms with Crippen molar-refractivity contribution in [3.63, 3.8) is 0 Å². The molecule has 53 heavy (non-hydrogen) atoms. The van der Waals surface area contributed by atoms with Crippen LogP contribution in [0.15, 0.2) is 188 Å². The van der Waals surface area contributed by atoms with Crippen molar-refractivity contribution in [2.45, 2.75) is 0 Å². The van der Waals surface area contributed by atoms with E-state index in [1.165, 1.54) is 89.8 Å². The molecular weight excluding hydrogens is 679 g/mol. The number of hydrogen-bond acceptors (Lipinski definition) is 3. The molecule has 0 spiro atoms. The number of benzene rings is 9. The fourth-order valence-electron chi connectivity index (χ4n) is 8.15. The molecular formula is C50H31NS2. The maximum absolute atomic E-state index is 2.46. The van der Waals surface area contributed by atoms with Crippen molar-refractivity contribution in [2.75, 3.05) is 4.90 Å². The Balaban J connectivity index is 1.13. The van der Waals surface area contributed by atoms with Crippen LogP contribution >= 0.6 is 22.7 Å². The van der Waals surface area contributed by atoms with E-state index in [2.05, 4.69) is 193 Å². The predicted molar refractivity (Wildman–Crippen MR) is 233 cm³/mol. The zero-order valence-corrected chi connectivity index (χ0v) is 30.3. The van der Waals surface area contributed by atoms with E-state index in [9.17, 15) is 0 Å². The fourth-order valence-corrected chi connectivity index (χ4v) is 10.7. The first-order chi connectivity index (χ1) is 26.3. The molecule has 0 aliphatic heterocycles. The van der Waals surface area contributed by atoms with Gasteiger partial charge in [0.15, 0.2) is 0 Å². The molecule has 0 aliphatic rings. The summed E-state index contributed by atoms with van der Waals surface area (Å²) in [6.45, 7) is 0. The topological polar surface area (TPSA) is 3.24 Å². The lowest BCUT2D eigenvalue weighted by Crippen LogP contribution is -2.10. The van der Waals surface area contributed by atoms with Crippen molar-refractivity contribution < 1.29 is 0 Å². The number of anilines is 3. The second-order valence-corrected chi connectivity index (χ2v) is 15.7. The number of nitrogens with zero attached hydrogens (tertiary/aromatic N) is 1. The molecule has 2 aromatic heterocycles. The van der Waals surface area contributed by atoms with Gasteiger partial charge in [-0.05, 0) is 80.2 Å². The summed E-state index contributed by atoms with van der Waals surface area (Å²) in [7, 11) is 0. The zero-order valence-electron chi connectivity index (χ0n) is 28.7. The van der Waals surface area contributed by atoms with Crippen LogP contribution in [0.2, 0.25) is 0 Å². The largest absolute Gasteiger partial charge is 0.309 e. The van der Waals surface area contributed by atoms with Crippen molar-refractivity contribution in [3.8, 4) is 22.3 Å². The highest BCUT2D eigenvalue weighted by atomic mass is 32.1. The lowest BCUT2D eigenvalue weighted by Gasteiger charge is -2.27. The van der Waals surface area contributed by atoms with Gasteiger partial charge in [0, 0.05) is 47.0 Å². The minimum atomic E-state index is 1.13. The van der Waals surface area contributed by atoms with Gasteiger partial charge in [0.05, 0.1) is 10.4 Å². The van der Waals surface area contributed by atoms with Gasteiger partial charge in [-0.3, -0.25) is 0 Å². The monoisotopic (exact) mass is 709 g/mol. The van der Waals surface area contributed by atoms with E-state index in [0.717, 1.165) is 11.4 Å². The van der Waals surface area contributed by atoms with Gasteiger partial charge in [-0.1, -0.05) is 152 Å². The highest BCUT2D eigenvalue weighted by molar-refractivity contribution is 7.27. The van der Waals surface area contributed by atoms with Gasteiger partial charge in [0.25, 0.3) is 0 Å². The number of fused-ring (bicyclic) bond motifs is 9. The minimum absolute atomic E-state index is 1.13. The summed E-state index contributed by atoms with van der Waals surface area (Å²) in [6.07, 6.45) is 0. The standard InChI is InChI=1S/C50H31NS2/c1-2-11-32(12-3-1)39-16-9-19-43-44-20-10-21-46(50(44)53-49(39)43)51(37-30-27-35-24-23-33-13-4-5-14-38(33)45(35)31-37)36-28-25-34(26-29-36)40-17-8-18-42-41-15-6-7-22-47(41)52-48(40)42/h1-31H. The molecule has 3 heteroatoms. The molecule has 0 aliphatic carbocycles. The Morgan fingerprint density at radius 3 is 1.66 bits per heavy atom. The highest BCUT2D eigenvalue weighted by Crippen LogP contribution is 2.48. The minimum Gasteiger partial charge on any atom is -0.309 e. The Morgan fingerprint density at radius 2 is 0.868 bits per heavy atom. The van der Waals surface area contributed by atoms with Gasteiger partial charge in [-0.15, -0.1) is 22.7 Å². The zero-order chi connectivity index (χ0) is 34.9. The molecule has 11 aromatic rings. The van der Waals surface area contributed by atoms with Crippen LogP contribution in [0.5, 0.6) is 0 Å². The third-order valence-electron chi connectivity index (χ3n) is 10.7. The van der Waals surface area contributed by atoms with Gasteiger partial charge in [-0.2, -0.15) is 0 Å². The summed E-state index contributed by atoms with van der Waals surface area (Å²) < 4.78 is 5.26. The second-order valence-electron chi connectivity index (χ2n) is 13.7. The van der Waals surface area contributed by atoms with Gasteiger partial charge in [0.2, 0.25) is 0 Å². The molecule has 0 saturated heterocycles. The van der Waals surface area contributed by atoms with E-state index >= 15 is 0 Å². The van der Waals surface area contributed by atoms with Crippen molar-refractivity contribution in [2.24, 2.45) is 0 Å². The van der Waals surface area contributed by atoms with E-state index in [4.69, 9.17) is 0 Å². The van der Waals surface area contributed by atoms with Gasteiger partial charge in [0.1, 0.15) is 0 Å². The van der Waals surface area contributed by atoms with Crippen molar-refractivity contribution >= 4 is 102 Å². The summed E-state index contributed by atoms with van der Waals surface area (Å²) in [5.74, 6) is 0. The molecule has 0 bridgehead atoms. The number of thiophene rings is 2. The summed E-state index contributed by atoms with van der Waals surface area (Å²) in [5.41, 5.74) is 8.47. The number of hydrogen-bond donors (Lipinski definition) is 0. The molecule has 0 N–H and O–H groups in total. The fraction of sp³-hybridized carbons (Fsp3) is 0. The van der Waals surface area contributed by atoms with Crippen LogP contribution in [0.3, 0.4) is 0 Å². The van der Waals surface area contributed by atoms with Crippen LogP contribution in [-0.4, -0.2) is 0 Å². The molecule has 2 heterocycles. The molecule has 9 aromatic carbocycles. The Labute approximate surface area is 315 Å². The van der Waals surface area contributed by atoms with Gasteiger partial charge >= 0.3 is 0 Å². The highest BCUT2D eigenvalue weighted by Gasteiger charge is 2.20. The summed E-state index contributed by atoms with van der Waals surface area (Å²) in [4.78, 5) is 2.46. The van der Waals surface area contributed by atoms with Crippen LogP contribution < -0.4 is 4.90 Å². The second kappa shape index (κ2) is 12.2. The summed E-state index contributed by atoms with van der Waals surface area (Å²) in [5, 5.41) is 10.3. The lowest BCUT2D eigenvalue weighted by molar-refractivity contribution is 1.31. The van der Waals surface area contributed by atoms with Crippen LogP contribution in [0.25, 0.3) is 84.1 Å². The number of rotatable bonds is 5. The van der Waals surface area contributed by atoms with Crippen molar-refractivity contribution in [3.05, 3.63) is 188 Å². The molecule has 248 valence electrons. The summed E-state index contributed by atoms with van der Waals surface area (Å²) in [6, 6.07) is 69.1. The molecule has 0 fully saturated rings. The molecule has 0 radical (unpaired) electrons. The van der Waals surface area contributed by atoms with Crippen molar-refractivity contribution in [1.82, 2.24) is 0 Å². The SMILES string of the molecule is c1ccc(-c2cccc3c2sc2c(N(c4ccc(-c5cccc6c5sc5ccccc56)cc4)c4ccc5ccc6ccccc6c5c4)cccc23)cc1. The first kappa shape index (κ1) is 30.4. The average molecular weight is 710 g/mol. The molecule has 0 atom stereocenters. The first-order valence-electron chi connectivity index (χ1n) is 18.0. The van der Waals surface area contributed by atoms with Crippen LogP contribution in [0.4, 0.5) is 17.1 Å². The molecule has 0 amide bonds. The lowest BCUT2D eigenvalue weighted by atomic mass is 10.00. The van der Waals surface area contributed by atoms with E-state index in [-0.39, 0.29) is 0 Å². The first-order valence-corrected chi connectivity index (χ1v) is 19.6. The van der Waals surface area contributed by atoms with E-state index < -0.39 is 0 Å². The van der Waals surface area contributed by atoms with E-state index in [1.54, 1.807) is 0 Å². The van der Waals surface area contributed by atoms with Crippen LogP contribution in [0, 0.1) is 0 Å². The smallest absolute Gasteiger partial charge is 0.0640 e. The van der Waals surface area contributed by atoms with Crippen LogP contribution in [0.1, 0.15) is 0 Å². The van der Waals surface area contributed by atoms with Crippen LogP contribution in [-0.2, 0) is 0 Å². The molecule has 11 rings (SSSR count). The third kappa shape index (κ3) is 4.89. The average Bonchev–Trinajstić information content (AvgIpc) is 3.81. The maximum atomic E-state index is 2.46. The summed E-state index contributed by atoms with van der Waals surface area (Å²) >= 11 is 3.78. The Hall–Kier alpha value is -6.26. The predicted octanol–water partition coefficient (Wildman–Crippen LogP) is 15.5. The molecule has 0 saturated carbocycles. The third-order valence-corrected chi connectivity index (χ3v) is 13.2. The molecule has 0 unspecified atom stereocenters. The molecule has 1 nitrogen and oxygen atoms in total. The quantitative estimate of drug-likeness (QED) is 0.161. The van der Waals surface area contributed by atoms with Crippen molar-refractivity contribution in [1.29, 1.82) is 0 Å². The maximum Gasteiger partial charge on any atom is 0.0640 e. The van der Waals surface area contributed by atoms with Gasteiger partial charge < -0.3 is 4.90 Å². The Kier molecular flexibility index (Phi) is 6.97. The van der Waals surface area contributed by atoms with Gasteiger partial charge in [-0.25, -0.2) is 0 Å². The normalized spacial score (nSPS) is 11.8. The Bertz CT molecular complexity index is 3170. The Morgan fingerprint density at radius 1 is 0.321 bits per heavy atom.